The fraction of sp³-hybridized carbons (Fsp3) is 0.343. The number of aliphatic hydroxyl groups is 1. The zero-order valence-electron chi connectivity index (χ0n) is 25.5. The van der Waals surface area contributed by atoms with Crippen LogP contribution in [-0.2, 0) is 32.6 Å². The van der Waals surface area contributed by atoms with Gasteiger partial charge >= 0.3 is 5.97 Å². The minimum atomic E-state index is -4.07. The molecule has 5 rings (SSSR count). The van der Waals surface area contributed by atoms with Gasteiger partial charge in [0.2, 0.25) is 10.0 Å². The third kappa shape index (κ3) is 6.65. The summed E-state index contributed by atoms with van der Waals surface area (Å²) in [6.07, 6.45) is -0.647. The van der Waals surface area contributed by atoms with Gasteiger partial charge in [0.1, 0.15) is 16.8 Å². The molecule has 44 heavy (non-hydrogen) atoms. The van der Waals surface area contributed by atoms with Crippen molar-refractivity contribution in [1.82, 2.24) is 8.87 Å². The smallest absolute Gasteiger partial charge is 0.308 e. The second-order valence-corrected chi connectivity index (χ2v) is 13.8. The van der Waals surface area contributed by atoms with Crippen LogP contribution in [0.4, 0.5) is 4.39 Å². The maximum absolute atomic E-state index is 14.7. The predicted molar refractivity (Wildman–Crippen MR) is 169 cm³/mol. The van der Waals surface area contributed by atoms with Crippen molar-refractivity contribution in [3.05, 3.63) is 102 Å². The predicted octanol–water partition coefficient (Wildman–Crippen LogP) is 6.67. The average molecular weight is 619 g/mol. The van der Waals surface area contributed by atoms with Crippen LogP contribution >= 0.6 is 0 Å². The lowest BCUT2D eigenvalue weighted by molar-refractivity contribution is -0.160. The number of aromatic nitrogens is 1. The maximum Gasteiger partial charge on any atom is 0.308 e. The Hall–Kier alpha value is -3.79. The van der Waals surface area contributed by atoms with E-state index in [0.717, 1.165) is 16.7 Å². The van der Waals surface area contributed by atoms with Crippen molar-refractivity contribution < 1.29 is 27.4 Å². The lowest BCUT2D eigenvalue weighted by Crippen LogP contribution is -2.33. The van der Waals surface area contributed by atoms with Crippen LogP contribution < -0.4 is 0 Å². The van der Waals surface area contributed by atoms with Crippen molar-refractivity contribution in [3.63, 3.8) is 0 Å². The van der Waals surface area contributed by atoms with Crippen molar-refractivity contribution in [1.29, 1.82) is 0 Å². The molecule has 9 heteroatoms. The molecule has 1 aliphatic rings. The SMILES string of the molecule is Cc1ccc(-c2c(S(=O)(=O)N(C)Cc3ccccc3)c(C(C)C)n(CCC3C[C@@H](O)CC(=O)O3)c2-c2ccc(F)cc2)cc1. The highest BCUT2D eigenvalue weighted by molar-refractivity contribution is 7.89. The molecule has 1 N–H and O–H groups in total. The first-order chi connectivity index (χ1) is 21.0. The number of halogens is 1. The second kappa shape index (κ2) is 13.1. The standard InChI is InChI=1S/C35H39FN2O5S/c1-23(2)33-35(44(41,42)37(4)22-25-8-6-5-7-9-25)32(26-12-10-24(3)11-13-26)34(27-14-16-28(36)17-15-27)38(33)19-18-30-20-29(39)21-31(40)43-30/h5-17,23,29-30,39H,18-22H2,1-4H3/t29-,30?/m1/s1. The molecule has 0 radical (unpaired) electrons. The van der Waals surface area contributed by atoms with E-state index in [1.165, 1.54) is 16.4 Å². The molecule has 3 aromatic carbocycles. The molecule has 4 aromatic rings. The van der Waals surface area contributed by atoms with Gasteiger partial charge in [-0.15, -0.1) is 0 Å². The Labute approximate surface area is 259 Å². The molecule has 1 fully saturated rings. The third-order valence-electron chi connectivity index (χ3n) is 8.09. The Morgan fingerprint density at radius 1 is 1.00 bits per heavy atom. The Morgan fingerprint density at radius 3 is 2.25 bits per heavy atom. The molecule has 2 heterocycles. The number of ether oxygens (including phenoxy) is 1. The lowest BCUT2D eigenvalue weighted by atomic mass is 9.99. The van der Waals surface area contributed by atoms with Crippen molar-refractivity contribution >= 4 is 16.0 Å². The van der Waals surface area contributed by atoms with Crippen LogP contribution in [0.3, 0.4) is 0 Å². The van der Waals surface area contributed by atoms with Crippen LogP contribution in [0.15, 0.2) is 83.8 Å². The van der Waals surface area contributed by atoms with Gasteiger partial charge in [0.25, 0.3) is 0 Å². The summed E-state index contributed by atoms with van der Waals surface area (Å²) in [5.41, 5.74) is 5.08. The molecule has 0 bridgehead atoms. The lowest BCUT2D eigenvalue weighted by Gasteiger charge is -2.27. The summed E-state index contributed by atoms with van der Waals surface area (Å²) in [5.74, 6) is -1.07. The topological polar surface area (TPSA) is 88.8 Å². The van der Waals surface area contributed by atoms with Crippen molar-refractivity contribution in [2.75, 3.05) is 7.05 Å². The number of cyclic esters (lactones) is 1. The fourth-order valence-corrected chi connectivity index (χ4v) is 7.68. The van der Waals surface area contributed by atoms with E-state index in [4.69, 9.17) is 4.74 Å². The number of benzene rings is 3. The van der Waals surface area contributed by atoms with E-state index in [0.29, 0.717) is 41.9 Å². The Balaban J connectivity index is 1.76. The van der Waals surface area contributed by atoms with E-state index in [1.807, 2.05) is 79.9 Å². The van der Waals surface area contributed by atoms with Crippen LogP contribution in [0.2, 0.25) is 0 Å². The van der Waals surface area contributed by atoms with Gasteiger partial charge in [-0.1, -0.05) is 74.0 Å². The molecule has 0 spiro atoms. The molecule has 7 nitrogen and oxygen atoms in total. The van der Waals surface area contributed by atoms with E-state index < -0.39 is 34.0 Å². The summed E-state index contributed by atoms with van der Waals surface area (Å²) in [6.45, 7) is 6.39. The molecule has 1 aromatic heterocycles. The Bertz CT molecular complexity index is 1720. The van der Waals surface area contributed by atoms with Gasteiger partial charge in [0, 0.05) is 44.2 Å². The average Bonchev–Trinajstić information content (AvgIpc) is 3.33. The van der Waals surface area contributed by atoms with Crippen LogP contribution in [-0.4, -0.2) is 47.6 Å². The summed E-state index contributed by atoms with van der Waals surface area (Å²) in [7, 11) is -2.48. The molecule has 0 aliphatic carbocycles. The van der Waals surface area contributed by atoms with Gasteiger partial charge < -0.3 is 14.4 Å². The number of nitrogens with zero attached hydrogens (tertiary/aromatic N) is 2. The molecule has 0 amide bonds. The van der Waals surface area contributed by atoms with Gasteiger partial charge in [-0.3, -0.25) is 4.79 Å². The maximum atomic E-state index is 14.7. The number of esters is 1. The molecule has 2 atom stereocenters. The number of hydrogen-bond donors (Lipinski definition) is 1. The molecular formula is C35H39FN2O5S. The van der Waals surface area contributed by atoms with Gasteiger partial charge in [-0.2, -0.15) is 4.31 Å². The highest BCUT2D eigenvalue weighted by atomic mass is 32.2. The highest BCUT2D eigenvalue weighted by Crippen LogP contribution is 2.45. The zero-order valence-corrected chi connectivity index (χ0v) is 26.4. The normalized spacial score (nSPS) is 17.3. The summed E-state index contributed by atoms with van der Waals surface area (Å²) in [6, 6.07) is 23.2. The van der Waals surface area contributed by atoms with Crippen LogP contribution in [0.25, 0.3) is 22.4 Å². The number of aryl methyl sites for hydroxylation is 1. The van der Waals surface area contributed by atoms with Crippen LogP contribution in [0.1, 0.15) is 55.8 Å². The summed E-state index contributed by atoms with van der Waals surface area (Å²) >= 11 is 0. The monoisotopic (exact) mass is 618 g/mol. The van der Waals surface area contributed by atoms with Crippen molar-refractivity contribution in [3.8, 4) is 22.4 Å². The van der Waals surface area contributed by atoms with Gasteiger partial charge in [0.05, 0.1) is 18.2 Å². The first kappa shape index (κ1) is 31.6. The molecule has 0 saturated carbocycles. The molecule has 1 unspecified atom stereocenters. The minimum Gasteiger partial charge on any atom is -0.462 e. The molecule has 1 aliphatic heterocycles. The Morgan fingerprint density at radius 2 is 1.64 bits per heavy atom. The number of carbonyl (C=O) groups excluding carboxylic acids is 1. The number of aliphatic hydroxyl groups excluding tert-OH is 1. The summed E-state index contributed by atoms with van der Waals surface area (Å²) < 4.78 is 52.5. The second-order valence-electron chi connectivity index (χ2n) is 11.9. The van der Waals surface area contributed by atoms with E-state index in [9.17, 15) is 22.7 Å². The van der Waals surface area contributed by atoms with Gasteiger partial charge in [0.15, 0.2) is 0 Å². The molecular weight excluding hydrogens is 579 g/mol. The first-order valence-electron chi connectivity index (χ1n) is 14.9. The highest BCUT2D eigenvalue weighted by Gasteiger charge is 2.37. The van der Waals surface area contributed by atoms with Gasteiger partial charge in [-0.05, 0) is 53.8 Å². The largest absolute Gasteiger partial charge is 0.462 e. The van der Waals surface area contributed by atoms with Gasteiger partial charge in [-0.25, -0.2) is 12.8 Å². The van der Waals surface area contributed by atoms with Crippen molar-refractivity contribution in [2.45, 2.75) is 76.1 Å². The quantitative estimate of drug-likeness (QED) is 0.201. The summed E-state index contributed by atoms with van der Waals surface area (Å²) in [4.78, 5) is 12.3. The fourth-order valence-electron chi connectivity index (χ4n) is 5.97. The summed E-state index contributed by atoms with van der Waals surface area (Å²) in [5, 5.41) is 10.2. The minimum absolute atomic E-state index is 0.0359. The number of hydrogen-bond acceptors (Lipinski definition) is 5. The van der Waals surface area contributed by atoms with Crippen LogP contribution in [0.5, 0.6) is 0 Å². The molecule has 1 saturated heterocycles. The third-order valence-corrected chi connectivity index (χ3v) is 9.97. The molecule has 232 valence electrons. The number of carbonyl (C=O) groups is 1. The first-order valence-corrected chi connectivity index (χ1v) is 16.4. The van der Waals surface area contributed by atoms with Crippen LogP contribution in [0, 0.1) is 12.7 Å². The Kier molecular flexibility index (Phi) is 9.39. The van der Waals surface area contributed by atoms with E-state index in [-0.39, 0.29) is 23.8 Å². The number of sulfonamides is 1. The number of rotatable bonds is 10. The van der Waals surface area contributed by atoms with E-state index >= 15 is 0 Å². The van der Waals surface area contributed by atoms with E-state index in [1.54, 1.807) is 19.2 Å². The van der Waals surface area contributed by atoms with E-state index in [2.05, 4.69) is 0 Å². The van der Waals surface area contributed by atoms with Crippen molar-refractivity contribution in [2.24, 2.45) is 0 Å². The zero-order chi connectivity index (χ0) is 31.6.